The third-order valence-corrected chi connectivity index (χ3v) is 20.3. The molecule has 0 aliphatic rings. The molecule has 0 aliphatic carbocycles. The first-order valence-electron chi connectivity index (χ1n) is 9.98. The quantitative estimate of drug-likeness (QED) is 0.380. The molecule has 0 radical (unpaired) electrons. The second kappa shape index (κ2) is 10.3. The molecule has 4 heteroatoms. The minimum atomic E-state index is -2.52. The van der Waals surface area contributed by atoms with E-state index >= 15 is 0 Å². The number of rotatable bonds is 11. The van der Waals surface area contributed by atoms with Crippen molar-refractivity contribution in [3.63, 3.8) is 0 Å². The molecule has 1 aromatic carbocycles. The van der Waals surface area contributed by atoms with Gasteiger partial charge in [0.15, 0.2) is 0 Å². The monoisotopic (exact) mass is 452 g/mol. The molecule has 0 saturated heterocycles. The summed E-state index contributed by atoms with van der Waals surface area (Å²) in [6.45, 7) is 6.86. The summed E-state index contributed by atoms with van der Waals surface area (Å²) in [5.74, 6) is -0.200. The molecule has 2 rings (SSSR count). The predicted octanol–water partition coefficient (Wildman–Crippen LogP) is 6.07. The fourth-order valence-electron chi connectivity index (χ4n) is 3.68. The van der Waals surface area contributed by atoms with E-state index in [0.29, 0.717) is 5.69 Å². The third kappa shape index (κ3) is 5.32. The standard InChI is InChI=1S/C9H6FN2.3C4H9.Sn/c10-8-4-1-2-5-9(8)12-7-3-6-11-12;3*1-3-4-2;/h1-5,7H;3*1,3-4H2,2H3;. The van der Waals surface area contributed by atoms with Crippen LogP contribution in [0.5, 0.6) is 0 Å². The number of nitrogens with zero attached hydrogens (tertiary/aromatic N) is 2. The summed E-state index contributed by atoms with van der Waals surface area (Å²) in [5, 5.41) is 4.94. The van der Waals surface area contributed by atoms with Crippen molar-refractivity contribution in [2.75, 3.05) is 0 Å². The van der Waals surface area contributed by atoms with Crippen LogP contribution in [-0.2, 0) is 0 Å². The number of halogens is 1. The summed E-state index contributed by atoms with van der Waals surface area (Å²) in [6, 6.07) is 9.15. The fraction of sp³-hybridized carbons (Fsp3) is 0.571. The van der Waals surface area contributed by atoms with Crippen LogP contribution in [0.15, 0.2) is 36.5 Å². The average Bonchev–Trinajstić information content (AvgIpc) is 3.12. The van der Waals surface area contributed by atoms with Crippen molar-refractivity contribution in [3.05, 3.63) is 42.3 Å². The van der Waals surface area contributed by atoms with E-state index in [-0.39, 0.29) is 5.82 Å². The van der Waals surface area contributed by atoms with Crippen LogP contribution >= 0.6 is 0 Å². The van der Waals surface area contributed by atoms with Gasteiger partial charge < -0.3 is 0 Å². The van der Waals surface area contributed by atoms with Crippen LogP contribution < -0.4 is 3.71 Å². The van der Waals surface area contributed by atoms with Gasteiger partial charge in [0.25, 0.3) is 0 Å². The van der Waals surface area contributed by atoms with E-state index < -0.39 is 18.4 Å². The van der Waals surface area contributed by atoms with Gasteiger partial charge in [0.05, 0.1) is 0 Å². The van der Waals surface area contributed by atoms with E-state index in [1.165, 1.54) is 61.6 Å². The van der Waals surface area contributed by atoms with Crippen LogP contribution in [0.25, 0.3) is 5.69 Å². The van der Waals surface area contributed by atoms with Crippen LogP contribution in [0, 0.1) is 5.82 Å². The third-order valence-electron chi connectivity index (χ3n) is 5.26. The van der Waals surface area contributed by atoms with Crippen molar-refractivity contribution in [2.24, 2.45) is 0 Å². The number of unbranched alkanes of at least 4 members (excludes halogenated alkanes) is 3. The van der Waals surface area contributed by atoms with Crippen LogP contribution in [0.3, 0.4) is 0 Å². The van der Waals surface area contributed by atoms with Gasteiger partial charge in [-0.05, 0) is 0 Å². The van der Waals surface area contributed by atoms with Gasteiger partial charge in [0.1, 0.15) is 0 Å². The Balaban J connectivity index is 2.36. The molecule has 0 amide bonds. The molecule has 0 unspecified atom stereocenters. The van der Waals surface area contributed by atoms with E-state index in [9.17, 15) is 4.39 Å². The summed E-state index contributed by atoms with van der Waals surface area (Å²) in [6.07, 6.45) is 9.69. The maximum atomic E-state index is 14.1. The van der Waals surface area contributed by atoms with E-state index in [0.717, 1.165) is 0 Å². The number of hydrogen-bond donors (Lipinski definition) is 0. The minimum absolute atomic E-state index is 0.200. The molecule has 0 N–H and O–H groups in total. The first-order chi connectivity index (χ1) is 12.2. The Morgan fingerprint density at radius 1 is 0.880 bits per heavy atom. The molecule has 1 heterocycles. The van der Waals surface area contributed by atoms with Crippen LogP contribution in [0.4, 0.5) is 4.39 Å². The SMILES string of the molecule is CCC[CH2][Sn]([CH2]CCC)([CH2]CCC)[c]1ccn(-c2ccccc2F)n1. The summed E-state index contributed by atoms with van der Waals surface area (Å²) in [7, 11) is 0. The zero-order valence-corrected chi connectivity index (χ0v) is 19.0. The second-order valence-electron chi connectivity index (χ2n) is 7.19. The van der Waals surface area contributed by atoms with E-state index in [1.807, 2.05) is 18.3 Å². The van der Waals surface area contributed by atoms with Gasteiger partial charge in [-0.2, -0.15) is 0 Å². The van der Waals surface area contributed by atoms with Gasteiger partial charge in [-0.25, -0.2) is 0 Å². The van der Waals surface area contributed by atoms with Crippen molar-refractivity contribution >= 4 is 22.1 Å². The van der Waals surface area contributed by atoms with Crippen LogP contribution in [0.1, 0.15) is 59.3 Å². The van der Waals surface area contributed by atoms with Crippen LogP contribution in [-0.4, -0.2) is 28.2 Å². The van der Waals surface area contributed by atoms with Gasteiger partial charge in [-0.15, -0.1) is 0 Å². The Labute approximate surface area is 156 Å². The molecule has 138 valence electrons. The molecule has 2 aromatic rings. The molecule has 0 aliphatic heterocycles. The predicted molar refractivity (Wildman–Crippen MR) is 108 cm³/mol. The van der Waals surface area contributed by atoms with Gasteiger partial charge in [0.2, 0.25) is 0 Å². The van der Waals surface area contributed by atoms with Crippen molar-refractivity contribution in [1.82, 2.24) is 9.78 Å². The Kier molecular flexibility index (Phi) is 8.47. The molecular formula is C21H33FN2Sn. The Morgan fingerprint density at radius 3 is 1.96 bits per heavy atom. The molecular weight excluding hydrogens is 418 g/mol. The molecule has 25 heavy (non-hydrogen) atoms. The molecule has 1 aromatic heterocycles. The number of para-hydroxylation sites is 1. The zero-order valence-electron chi connectivity index (χ0n) is 16.1. The van der Waals surface area contributed by atoms with Crippen molar-refractivity contribution < 1.29 is 4.39 Å². The summed E-state index contributed by atoms with van der Waals surface area (Å²) in [4.78, 5) is 0. The maximum absolute atomic E-state index is 14.1. The number of benzene rings is 1. The second-order valence-corrected chi connectivity index (χ2v) is 20.2. The summed E-state index contributed by atoms with van der Waals surface area (Å²) >= 11 is -2.52. The average molecular weight is 451 g/mol. The van der Waals surface area contributed by atoms with E-state index in [4.69, 9.17) is 5.10 Å². The normalized spacial score (nSPS) is 11.8. The van der Waals surface area contributed by atoms with Gasteiger partial charge in [0, 0.05) is 0 Å². The number of aromatic nitrogens is 2. The first-order valence-corrected chi connectivity index (χ1v) is 17.5. The molecule has 0 spiro atoms. The van der Waals surface area contributed by atoms with E-state index in [1.54, 1.807) is 10.7 Å². The summed E-state index contributed by atoms with van der Waals surface area (Å²) < 4.78 is 21.4. The zero-order chi connectivity index (χ0) is 18.1. The summed E-state index contributed by atoms with van der Waals surface area (Å²) in [5.41, 5.74) is 0.565. The van der Waals surface area contributed by atoms with Crippen molar-refractivity contribution in [3.8, 4) is 5.69 Å². The molecule has 2 nitrogen and oxygen atoms in total. The Bertz CT molecular complexity index is 617. The molecule has 0 atom stereocenters. The van der Waals surface area contributed by atoms with E-state index in [2.05, 4.69) is 26.8 Å². The first kappa shape index (κ1) is 20.5. The van der Waals surface area contributed by atoms with Crippen molar-refractivity contribution in [1.29, 1.82) is 0 Å². The number of hydrogen-bond acceptors (Lipinski definition) is 1. The molecule has 0 fully saturated rings. The fourth-order valence-corrected chi connectivity index (χ4v) is 19.0. The van der Waals surface area contributed by atoms with Crippen molar-refractivity contribution in [2.45, 2.75) is 72.6 Å². The molecule has 0 saturated carbocycles. The van der Waals surface area contributed by atoms with Gasteiger partial charge in [-0.3, -0.25) is 0 Å². The Morgan fingerprint density at radius 2 is 1.44 bits per heavy atom. The molecule has 0 bridgehead atoms. The van der Waals surface area contributed by atoms with Gasteiger partial charge in [-0.1, -0.05) is 0 Å². The van der Waals surface area contributed by atoms with Crippen LogP contribution in [0.2, 0.25) is 13.3 Å². The topological polar surface area (TPSA) is 17.8 Å². The van der Waals surface area contributed by atoms with Gasteiger partial charge >= 0.3 is 157 Å². The Hall–Kier alpha value is -0.841.